The Kier molecular flexibility index (Phi) is 5.62. The third-order valence-corrected chi connectivity index (χ3v) is 4.43. The van der Waals surface area contributed by atoms with E-state index in [4.69, 9.17) is 4.74 Å². The molecule has 2 heterocycles. The molecule has 3 amide bonds. The van der Waals surface area contributed by atoms with E-state index in [-0.39, 0.29) is 23.8 Å². The van der Waals surface area contributed by atoms with Crippen LogP contribution in [0.1, 0.15) is 40.0 Å². The van der Waals surface area contributed by atoms with Gasteiger partial charge in [-0.1, -0.05) is 0 Å². The minimum atomic E-state index is -0.808. The summed E-state index contributed by atoms with van der Waals surface area (Å²) in [6.07, 6.45) is 2.56. The zero-order valence-corrected chi connectivity index (χ0v) is 14.3. The van der Waals surface area contributed by atoms with Crippen molar-refractivity contribution in [1.82, 2.24) is 15.1 Å². The van der Waals surface area contributed by atoms with Crippen LogP contribution in [-0.2, 0) is 14.3 Å². The van der Waals surface area contributed by atoms with E-state index in [1.807, 2.05) is 6.92 Å². The van der Waals surface area contributed by atoms with E-state index in [1.165, 1.54) is 4.90 Å². The van der Waals surface area contributed by atoms with Crippen LogP contribution < -0.4 is 5.32 Å². The van der Waals surface area contributed by atoms with Crippen LogP contribution in [0.25, 0.3) is 0 Å². The lowest BCUT2D eigenvalue weighted by atomic mass is 9.98. The molecule has 7 nitrogen and oxygen atoms in total. The first-order valence-electron chi connectivity index (χ1n) is 8.38. The summed E-state index contributed by atoms with van der Waals surface area (Å²) in [6, 6.07) is -0.317. The van der Waals surface area contributed by atoms with Gasteiger partial charge in [0.25, 0.3) is 5.91 Å². The van der Waals surface area contributed by atoms with E-state index in [1.54, 1.807) is 13.8 Å². The van der Waals surface area contributed by atoms with Crippen molar-refractivity contribution in [2.24, 2.45) is 5.92 Å². The topological polar surface area (TPSA) is 79.0 Å². The van der Waals surface area contributed by atoms with Crippen LogP contribution >= 0.6 is 0 Å². The molecule has 2 saturated heterocycles. The number of ether oxygens (including phenoxy) is 1. The number of carbonyl (C=O) groups is 3. The number of nitrogens with one attached hydrogen (secondary N) is 1. The van der Waals surface area contributed by atoms with Crippen LogP contribution in [0, 0.1) is 5.92 Å². The summed E-state index contributed by atoms with van der Waals surface area (Å²) in [5.74, 6) is -0.349. The van der Waals surface area contributed by atoms with Crippen LogP contribution in [0.5, 0.6) is 0 Å². The minimum absolute atomic E-state index is 0.0562. The molecule has 2 rings (SSSR count). The number of rotatable bonds is 6. The smallest absolute Gasteiger partial charge is 0.325 e. The summed E-state index contributed by atoms with van der Waals surface area (Å²) in [4.78, 5) is 39.2. The maximum absolute atomic E-state index is 12.1. The molecule has 23 heavy (non-hydrogen) atoms. The molecule has 2 aliphatic heterocycles. The van der Waals surface area contributed by atoms with Crippen molar-refractivity contribution >= 4 is 17.9 Å². The van der Waals surface area contributed by atoms with Gasteiger partial charge in [-0.25, -0.2) is 4.79 Å². The number of carbonyl (C=O) groups excluding carboxylic acids is 3. The van der Waals surface area contributed by atoms with E-state index in [0.29, 0.717) is 26.1 Å². The van der Waals surface area contributed by atoms with Gasteiger partial charge < -0.3 is 15.0 Å². The van der Waals surface area contributed by atoms with Crippen LogP contribution in [0.15, 0.2) is 0 Å². The molecule has 0 aromatic rings. The van der Waals surface area contributed by atoms with Gasteiger partial charge in [0.1, 0.15) is 5.54 Å². The van der Waals surface area contributed by atoms with Gasteiger partial charge in [0.05, 0.1) is 12.5 Å². The third kappa shape index (κ3) is 4.22. The predicted octanol–water partition coefficient (Wildman–Crippen LogP) is 0.982. The number of amides is 3. The highest BCUT2D eigenvalue weighted by molar-refractivity contribution is 6.06. The molecule has 130 valence electrons. The van der Waals surface area contributed by atoms with Crippen molar-refractivity contribution < 1.29 is 19.1 Å². The summed E-state index contributed by atoms with van der Waals surface area (Å²) in [5.41, 5.74) is -0.808. The highest BCUT2D eigenvalue weighted by Crippen LogP contribution is 2.19. The van der Waals surface area contributed by atoms with Crippen molar-refractivity contribution in [2.45, 2.75) is 45.6 Å². The molecule has 2 fully saturated rings. The maximum Gasteiger partial charge on any atom is 0.325 e. The van der Waals surface area contributed by atoms with Crippen molar-refractivity contribution in [1.29, 1.82) is 0 Å². The van der Waals surface area contributed by atoms with E-state index >= 15 is 0 Å². The second kappa shape index (κ2) is 7.29. The summed E-state index contributed by atoms with van der Waals surface area (Å²) in [7, 11) is 0. The SMILES string of the molecule is CCOC(=O)[C@@H]1CCCN(CCCN2C(=O)NC(C)(C)C2=O)C1. The van der Waals surface area contributed by atoms with Crippen molar-refractivity contribution in [2.75, 3.05) is 32.8 Å². The number of esters is 1. The Balaban J connectivity index is 1.77. The first-order chi connectivity index (χ1) is 10.8. The van der Waals surface area contributed by atoms with Gasteiger partial charge in [0.15, 0.2) is 0 Å². The lowest BCUT2D eigenvalue weighted by Crippen LogP contribution is -2.42. The van der Waals surface area contributed by atoms with Gasteiger partial charge in [0, 0.05) is 13.1 Å². The molecule has 0 aliphatic carbocycles. The molecule has 1 atom stereocenters. The first kappa shape index (κ1) is 17.7. The molecule has 0 aromatic heterocycles. The highest BCUT2D eigenvalue weighted by atomic mass is 16.5. The molecule has 0 spiro atoms. The number of hydrogen-bond donors (Lipinski definition) is 1. The van der Waals surface area contributed by atoms with E-state index in [0.717, 1.165) is 25.9 Å². The highest BCUT2D eigenvalue weighted by Gasteiger charge is 2.43. The quantitative estimate of drug-likeness (QED) is 0.582. The summed E-state index contributed by atoms with van der Waals surface area (Å²) >= 11 is 0. The fraction of sp³-hybridized carbons (Fsp3) is 0.812. The molecular weight excluding hydrogens is 298 g/mol. The second-order valence-electron chi connectivity index (χ2n) is 6.76. The fourth-order valence-electron chi connectivity index (χ4n) is 3.18. The Hall–Kier alpha value is -1.63. The normalized spacial score (nSPS) is 24.7. The Morgan fingerprint density at radius 2 is 2.09 bits per heavy atom. The van der Waals surface area contributed by atoms with Gasteiger partial charge in [-0.3, -0.25) is 14.5 Å². The van der Waals surface area contributed by atoms with Gasteiger partial charge in [0.2, 0.25) is 0 Å². The average Bonchev–Trinajstić information content (AvgIpc) is 2.69. The average molecular weight is 325 g/mol. The molecule has 0 bridgehead atoms. The van der Waals surface area contributed by atoms with Gasteiger partial charge in [-0.05, 0) is 53.1 Å². The monoisotopic (exact) mass is 325 g/mol. The first-order valence-corrected chi connectivity index (χ1v) is 8.38. The molecule has 0 aromatic carbocycles. The zero-order chi connectivity index (χ0) is 17.0. The molecule has 2 aliphatic rings. The van der Waals surface area contributed by atoms with E-state index < -0.39 is 5.54 Å². The van der Waals surface area contributed by atoms with E-state index in [2.05, 4.69) is 10.2 Å². The number of likely N-dealkylation sites (tertiary alicyclic amines) is 1. The molecule has 0 unspecified atom stereocenters. The lowest BCUT2D eigenvalue weighted by molar-refractivity contribution is -0.149. The number of imide groups is 1. The van der Waals surface area contributed by atoms with Crippen LogP contribution in [0.2, 0.25) is 0 Å². The number of nitrogens with zero attached hydrogens (tertiary/aromatic N) is 2. The molecule has 0 radical (unpaired) electrons. The Labute approximate surface area is 137 Å². The van der Waals surface area contributed by atoms with Crippen LogP contribution in [0.3, 0.4) is 0 Å². The Morgan fingerprint density at radius 1 is 1.35 bits per heavy atom. The Morgan fingerprint density at radius 3 is 2.70 bits per heavy atom. The van der Waals surface area contributed by atoms with E-state index in [9.17, 15) is 14.4 Å². The minimum Gasteiger partial charge on any atom is -0.466 e. The zero-order valence-electron chi connectivity index (χ0n) is 14.3. The largest absolute Gasteiger partial charge is 0.466 e. The fourth-order valence-corrected chi connectivity index (χ4v) is 3.18. The maximum atomic E-state index is 12.1. The number of hydrogen-bond acceptors (Lipinski definition) is 5. The van der Waals surface area contributed by atoms with Gasteiger partial charge in [-0.15, -0.1) is 0 Å². The van der Waals surface area contributed by atoms with Crippen LogP contribution in [0.4, 0.5) is 4.79 Å². The van der Waals surface area contributed by atoms with Gasteiger partial charge >= 0.3 is 12.0 Å². The summed E-state index contributed by atoms with van der Waals surface area (Å²) < 4.78 is 5.10. The molecule has 7 heteroatoms. The number of urea groups is 1. The lowest BCUT2D eigenvalue weighted by Gasteiger charge is -2.31. The predicted molar refractivity (Wildman–Crippen MR) is 84.7 cm³/mol. The Bertz CT molecular complexity index is 478. The molecule has 1 N–H and O–H groups in total. The second-order valence-corrected chi connectivity index (χ2v) is 6.76. The third-order valence-electron chi connectivity index (χ3n) is 4.43. The molecular formula is C16H27N3O4. The summed E-state index contributed by atoms with van der Waals surface area (Å²) in [5, 5.41) is 2.68. The summed E-state index contributed by atoms with van der Waals surface area (Å²) in [6.45, 7) is 8.48. The number of piperidine rings is 1. The molecule has 0 saturated carbocycles. The van der Waals surface area contributed by atoms with Crippen LogP contribution in [-0.4, -0.2) is 66.0 Å². The van der Waals surface area contributed by atoms with Gasteiger partial charge in [-0.2, -0.15) is 0 Å². The van der Waals surface area contributed by atoms with Crippen molar-refractivity contribution in [3.05, 3.63) is 0 Å². The van der Waals surface area contributed by atoms with Crippen molar-refractivity contribution in [3.8, 4) is 0 Å². The standard InChI is InChI=1S/C16H27N3O4/c1-4-23-13(20)12-7-5-8-18(11-12)9-6-10-19-14(21)16(2,3)17-15(19)22/h12H,4-11H2,1-3H3,(H,17,22)/t12-/m1/s1. The van der Waals surface area contributed by atoms with Crippen molar-refractivity contribution in [3.63, 3.8) is 0 Å².